The molecule has 0 aliphatic rings. The van der Waals surface area contributed by atoms with Gasteiger partial charge in [0, 0.05) is 10.5 Å². The lowest BCUT2D eigenvalue weighted by atomic mass is 10.1. The van der Waals surface area contributed by atoms with Crippen molar-refractivity contribution < 1.29 is 4.74 Å². The summed E-state index contributed by atoms with van der Waals surface area (Å²) in [4.78, 5) is 0. The van der Waals surface area contributed by atoms with Gasteiger partial charge in [0.2, 0.25) is 0 Å². The molecule has 0 fully saturated rings. The number of hydrogen-bond acceptors (Lipinski definition) is 2. The van der Waals surface area contributed by atoms with Gasteiger partial charge in [0.15, 0.2) is 0 Å². The molecule has 2 aromatic carbocycles. The van der Waals surface area contributed by atoms with Crippen LogP contribution in [0.25, 0.3) is 0 Å². The molecule has 0 radical (unpaired) electrons. The zero-order valence-electron chi connectivity index (χ0n) is 9.86. The molecule has 2 nitrogen and oxygen atoms in total. The average molecular weight is 327 g/mol. The fourth-order valence-electron chi connectivity index (χ4n) is 1.60. The van der Waals surface area contributed by atoms with Crippen molar-refractivity contribution >= 4 is 27.5 Å². The number of halogens is 2. The smallest absolute Gasteiger partial charge is 0.146 e. The Morgan fingerprint density at radius 2 is 1.94 bits per heavy atom. The molecular formula is C14H13BrClNO. The quantitative estimate of drug-likeness (QED) is 0.869. The molecule has 18 heavy (non-hydrogen) atoms. The van der Waals surface area contributed by atoms with E-state index in [4.69, 9.17) is 22.1 Å². The molecule has 0 saturated carbocycles. The fraction of sp³-hybridized carbons (Fsp3) is 0.143. The lowest BCUT2D eigenvalue weighted by molar-refractivity contribution is 0.482. The summed E-state index contributed by atoms with van der Waals surface area (Å²) in [5, 5.41) is 0.588. The van der Waals surface area contributed by atoms with Crippen molar-refractivity contribution in [1.29, 1.82) is 0 Å². The van der Waals surface area contributed by atoms with Gasteiger partial charge in [-0.25, -0.2) is 0 Å². The SMILES string of the molecule is CC(N)c1ccc(Oc2ccccc2Cl)cc1Br. The van der Waals surface area contributed by atoms with Gasteiger partial charge < -0.3 is 10.5 Å². The standard InChI is InChI=1S/C14H13BrClNO/c1-9(17)11-7-6-10(8-12(11)15)18-14-5-3-2-4-13(14)16/h2-9H,17H2,1H3. The van der Waals surface area contributed by atoms with E-state index in [0.29, 0.717) is 10.8 Å². The molecule has 0 bridgehead atoms. The third kappa shape index (κ3) is 3.05. The van der Waals surface area contributed by atoms with Crippen LogP contribution in [0.5, 0.6) is 11.5 Å². The van der Waals surface area contributed by atoms with Crippen LogP contribution in [0.1, 0.15) is 18.5 Å². The van der Waals surface area contributed by atoms with E-state index in [-0.39, 0.29) is 6.04 Å². The van der Waals surface area contributed by atoms with E-state index >= 15 is 0 Å². The maximum Gasteiger partial charge on any atom is 0.146 e. The number of para-hydroxylation sites is 1. The van der Waals surface area contributed by atoms with Gasteiger partial charge in [0.05, 0.1) is 5.02 Å². The molecule has 2 aromatic rings. The van der Waals surface area contributed by atoms with E-state index in [2.05, 4.69) is 15.9 Å². The van der Waals surface area contributed by atoms with Crippen molar-refractivity contribution in [2.75, 3.05) is 0 Å². The lowest BCUT2D eigenvalue weighted by Crippen LogP contribution is -2.05. The summed E-state index contributed by atoms with van der Waals surface area (Å²) in [5.74, 6) is 1.36. The van der Waals surface area contributed by atoms with Crippen LogP contribution in [-0.4, -0.2) is 0 Å². The Morgan fingerprint density at radius 3 is 2.56 bits per heavy atom. The Hall–Kier alpha value is -1.03. The molecule has 2 rings (SSSR count). The zero-order valence-corrected chi connectivity index (χ0v) is 12.2. The predicted molar refractivity (Wildman–Crippen MR) is 78.3 cm³/mol. The number of ether oxygens (including phenoxy) is 1. The molecule has 0 aliphatic carbocycles. The van der Waals surface area contributed by atoms with E-state index < -0.39 is 0 Å². The van der Waals surface area contributed by atoms with Gasteiger partial charge in [-0.3, -0.25) is 0 Å². The van der Waals surface area contributed by atoms with Crippen LogP contribution < -0.4 is 10.5 Å². The Kier molecular flexibility index (Phi) is 4.27. The van der Waals surface area contributed by atoms with E-state index in [1.807, 2.05) is 43.3 Å². The minimum Gasteiger partial charge on any atom is -0.456 e. The van der Waals surface area contributed by atoms with Crippen molar-refractivity contribution in [1.82, 2.24) is 0 Å². The number of hydrogen-bond donors (Lipinski definition) is 1. The highest BCUT2D eigenvalue weighted by atomic mass is 79.9. The Morgan fingerprint density at radius 1 is 1.22 bits per heavy atom. The Labute approximate surface area is 120 Å². The number of benzene rings is 2. The van der Waals surface area contributed by atoms with Gasteiger partial charge in [-0.2, -0.15) is 0 Å². The minimum atomic E-state index is -0.0197. The second-order valence-electron chi connectivity index (χ2n) is 4.00. The third-order valence-corrected chi connectivity index (χ3v) is 3.53. The Bertz CT molecular complexity index is 557. The maximum absolute atomic E-state index is 6.04. The maximum atomic E-state index is 6.04. The molecule has 4 heteroatoms. The van der Waals surface area contributed by atoms with Crippen molar-refractivity contribution in [3.8, 4) is 11.5 Å². The van der Waals surface area contributed by atoms with E-state index in [0.717, 1.165) is 15.8 Å². The molecule has 0 saturated heterocycles. The van der Waals surface area contributed by atoms with Crippen LogP contribution in [0.15, 0.2) is 46.9 Å². The minimum absolute atomic E-state index is 0.0197. The third-order valence-electron chi connectivity index (χ3n) is 2.53. The van der Waals surface area contributed by atoms with Gasteiger partial charge in [0.25, 0.3) is 0 Å². The highest BCUT2D eigenvalue weighted by Crippen LogP contribution is 2.32. The zero-order chi connectivity index (χ0) is 13.1. The van der Waals surface area contributed by atoms with Gasteiger partial charge in [0.1, 0.15) is 11.5 Å². The summed E-state index contributed by atoms with van der Waals surface area (Å²) in [5.41, 5.74) is 6.89. The van der Waals surface area contributed by atoms with E-state index in [1.165, 1.54) is 0 Å². The molecule has 1 unspecified atom stereocenters. The summed E-state index contributed by atoms with van der Waals surface area (Å²) < 4.78 is 6.65. The second kappa shape index (κ2) is 5.74. The summed E-state index contributed by atoms with van der Waals surface area (Å²) in [7, 11) is 0. The lowest BCUT2D eigenvalue weighted by Gasteiger charge is -2.11. The van der Waals surface area contributed by atoms with Gasteiger partial charge in [-0.1, -0.05) is 45.7 Å². The molecule has 0 aromatic heterocycles. The van der Waals surface area contributed by atoms with Crippen LogP contribution >= 0.6 is 27.5 Å². The van der Waals surface area contributed by atoms with E-state index in [9.17, 15) is 0 Å². The van der Waals surface area contributed by atoms with Gasteiger partial charge >= 0.3 is 0 Å². The Balaban J connectivity index is 2.26. The highest BCUT2D eigenvalue weighted by molar-refractivity contribution is 9.10. The van der Waals surface area contributed by atoms with E-state index in [1.54, 1.807) is 6.07 Å². The molecule has 0 spiro atoms. The second-order valence-corrected chi connectivity index (χ2v) is 5.27. The first-order valence-electron chi connectivity index (χ1n) is 5.55. The molecule has 94 valence electrons. The number of nitrogens with two attached hydrogens (primary N) is 1. The summed E-state index contributed by atoms with van der Waals surface area (Å²) in [6.07, 6.45) is 0. The summed E-state index contributed by atoms with van der Waals surface area (Å²) in [6.45, 7) is 1.94. The van der Waals surface area contributed by atoms with Gasteiger partial charge in [-0.05, 0) is 36.8 Å². The van der Waals surface area contributed by atoms with Crippen molar-refractivity contribution in [2.45, 2.75) is 13.0 Å². The molecule has 2 N–H and O–H groups in total. The van der Waals surface area contributed by atoms with Crippen molar-refractivity contribution in [2.24, 2.45) is 5.73 Å². The van der Waals surface area contributed by atoms with Crippen LogP contribution in [-0.2, 0) is 0 Å². The normalized spacial score (nSPS) is 12.2. The topological polar surface area (TPSA) is 35.2 Å². The first-order chi connectivity index (χ1) is 8.58. The van der Waals surface area contributed by atoms with Crippen LogP contribution in [0.3, 0.4) is 0 Å². The molecular weight excluding hydrogens is 314 g/mol. The summed E-state index contributed by atoms with van der Waals surface area (Å²) >= 11 is 9.53. The number of rotatable bonds is 3. The average Bonchev–Trinajstić information content (AvgIpc) is 2.32. The monoisotopic (exact) mass is 325 g/mol. The largest absolute Gasteiger partial charge is 0.456 e. The van der Waals surface area contributed by atoms with Crippen LogP contribution in [0, 0.1) is 0 Å². The highest BCUT2D eigenvalue weighted by Gasteiger charge is 2.07. The first-order valence-corrected chi connectivity index (χ1v) is 6.72. The first kappa shape index (κ1) is 13.4. The van der Waals surface area contributed by atoms with Crippen LogP contribution in [0.4, 0.5) is 0 Å². The van der Waals surface area contributed by atoms with Gasteiger partial charge in [-0.15, -0.1) is 0 Å². The molecule has 0 heterocycles. The van der Waals surface area contributed by atoms with Crippen molar-refractivity contribution in [3.63, 3.8) is 0 Å². The predicted octanol–water partition coefficient (Wildman–Crippen LogP) is 4.91. The van der Waals surface area contributed by atoms with Crippen LogP contribution in [0.2, 0.25) is 5.02 Å². The molecule has 0 aliphatic heterocycles. The van der Waals surface area contributed by atoms with Crippen molar-refractivity contribution in [3.05, 3.63) is 57.5 Å². The molecule has 0 amide bonds. The summed E-state index contributed by atoms with van der Waals surface area (Å²) in [6, 6.07) is 13.1. The molecule has 1 atom stereocenters. The fourth-order valence-corrected chi connectivity index (χ4v) is 2.49.